The van der Waals surface area contributed by atoms with Crippen molar-refractivity contribution in [2.75, 3.05) is 0 Å². The maximum atomic E-state index is 13.1. The van der Waals surface area contributed by atoms with E-state index in [4.69, 9.17) is 25.4 Å². The molecule has 1 aromatic carbocycles. The summed E-state index contributed by atoms with van der Waals surface area (Å²) in [6, 6.07) is 12.6. The highest BCUT2D eigenvalue weighted by molar-refractivity contribution is 7.98. The number of oxazole rings is 1. The molecule has 0 saturated heterocycles. The standard InChI is InChI=1S/C21H14ClN3O3S2/c22-13-5-6-16-17(9-13)24-21(25(20(16)26)10-15-3-1-7-27-15)30-12-14-11-28-19(23-14)18-4-2-8-29-18/h1-9,11H,10,12H2. The third kappa shape index (κ3) is 3.81. The molecule has 4 heterocycles. The topological polar surface area (TPSA) is 74.1 Å². The fourth-order valence-electron chi connectivity index (χ4n) is 3.01. The van der Waals surface area contributed by atoms with E-state index >= 15 is 0 Å². The molecule has 150 valence electrons. The Morgan fingerprint density at radius 3 is 2.87 bits per heavy atom. The maximum Gasteiger partial charge on any atom is 0.262 e. The van der Waals surface area contributed by atoms with E-state index in [-0.39, 0.29) is 5.56 Å². The highest BCUT2D eigenvalue weighted by Gasteiger charge is 2.15. The van der Waals surface area contributed by atoms with Crippen LogP contribution in [-0.2, 0) is 12.3 Å². The molecule has 5 rings (SSSR count). The molecule has 0 atom stereocenters. The Labute approximate surface area is 184 Å². The molecule has 0 unspecified atom stereocenters. The fourth-order valence-corrected chi connectivity index (χ4v) is 4.70. The summed E-state index contributed by atoms with van der Waals surface area (Å²) in [5.74, 6) is 1.77. The van der Waals surface area contributed by atoms with E-state index in [2.05, 4.69) is 4.98 Å². The molecule has 4 aromatic heterocycles. The third-order valence-electron chi connectivity index (χ3n) is 4.41. The van der Waals surface area contributed by atoms with Crippen LogP contribution in [0.4, 0.5) is 0 Å². The number of furan rings is 1. The molecule has 0 radical (unpaired) electrons. The predicted octanol–water partition coefficient (Wildman–Crippen LogP) is 5.70. The summed E-state index contributed by atoms with van der Waals surface area (Å²) in [5, 5.41) is 3.58. The second kappa shape index (κ2) is 8.14. The Morgan fingerprint density at radius 2 is 2.07 bits per heavy atom. The first-order valence-electron chi connectivity index (χ1n) is 9.01. The van der Waals surface area contributed by atoms with Crippen molar-refractivity contribution in [3.8, 4) is 10.8 Å². The van der Waals surface area contributed by atoms with Gasteiger partial charge in [0, 0.05) is 10.8 Å². The number of thioether (sulfide) groups is 1. The largest absolute Gasteiger partial charge is 0.467 e. The van der Waals surface area contributed by atoms with Crippen molar-refractivity contribution in [2.24, 2.45) is 0 Å². The summed E-state index contributed by atoms with van der Waals surface area (Å²) in [7, 11) is 0. The van der Waals surface area contributed by atoms with Gasteiger partial charge < -0.3 is 8.83 Å². The fraction of sp³-hybridized carbons (Fsp3) is 0.0952. The van der Waals surface area contributed by atoms with Gasteiger partial charge in [-0.05, 0) is 41.8 Å². The number of thiophene rings is 1. The molecule has 9 heteroatoms. The van der Waals surface area contributed by atoms with E-state index in [1.54, 1.807) is 52.7 Å². The number of halogens is 1. The summed E-state index contributed by atoms with van der Waals surface area (Å²) in [6.07, 6.45) is 3.22. The first kappa shape index (κ1) is 19.2. The van der Waals surface area contributed by atoms with Crippen LogP contribution in [0, 0.1) is 0 Å². The molecule has 0 amide bonds. The second-order valence-electron chi connectivity index (χ2n) is 6.44. The SMILES string of the molecule is O=c1c2ccc(Cl)cc2nc(SCc2coc(-c3cccs3)n2)n1Cc1ccco1. The van der Waals surface area contributed by atoms with Crippen molar-refractivity contribution in [3.63, 3.8) is 0 Å². The lowest BCUT2D eigenvalue weighted by atomic mass is 10.2. The van der Waals surface area contributed by atoms with Gasteiger partial charge in [-0.15, -0.1) is 11.3 Å². The monoisotopic (exact) mass is 455 g/mol. The van der Waals surface area contributed by atoms with Gasteiger partial charge >= 0.3 is 0 Å². The van der Waals surface area contributed by atoms with Crippen LogP contribution in [0.1, 0.15) is 11.5 Å². The smallest absolute Gasteiger partial charge is 0.262 e. The van der Waals surface area contributed by atoms with Gasteiger partial charge in [-0.1, -0.05) is 29.4 Å². The minimum absolute atomic E-state index is 0.144. The first-order valence-corrected chi connectivity index (χ1v) is 11.3. The highest BCUT2D eigenvalue weighted by atomic mass is 35.5. The quantitative estimate of drug-likeness (QED) is 0.241. The van der Waals surface area contributed by atoms with Crippen LogP contribution in [0.2, 0.25) is 5.02 Å². The van der Waals surface area contributed by atoms with Gasteiger partial charge in [-0.2, -0.15) is 0 Å². The molecule has 0 bridgehead atoms. The molecule has 0 fully saturated rings. The minimum atomic E-state index is -0.144. The lowest BCUT2D eigenvalue weighted by Gasteiger charge is -2.11. The van der Waals surface area contributed by atoms with Crippen molar-refractivity contribution >= 4 is 45.6 Å². The summed E-state index contributed by atoms with van der Waals surface area (Å²) >= 11 is 9.10. The zero-order chi connectivity index (χ0) is 20.5. The van der Waals surface area contributed by atoms with Crippen molar-refractivity contribution in [1.82, 2.24) is 14.5 Å². The molecule has 30 heavy (non-hydrogen) atoms. The van der Waals surface area contributed by atoms with E-state index in [0.717, 1.165) is 10.6 Å². The van der Waals surface area contributed by atoms with Crippen molar-refractivity contribution in [1.29, 1.82) is 0 Å². The van der Waals surface area contributed by atoms with E-state index in [0.29, 0.717) is 45.0 Å². The van der Waals surface area contributed by atoms with Crippen LogP contribution in [0.25, 0.3) is 21.7 Å². The highest BCUT2D eigenvalue weighted by Crippen LogP contribution is 2.27. The molecule has 0 N–H and O–H groups in total. The Morgan fingerprint density at radius 1 is 1.13 bits per heavy atom. The van der Waals surface area contributed by atoms with Gasteiger partial charge in [-0.3, -0.25) is 9.36 Å². The van der Waals surface area contributed by atoms with Gasteiger partial charge in [0.2, 0.25) is 5.89 Å². The van der Waals surface area contributed by atoms with Crippen LogP contribution in [-0.4, -0.2) is 14.5 Å². The van der Waals surface area contributed by atoms with Crippen LogP contribution >= 0.6 is 34.7 Å². The summed E-state index contributed by atoms with van der Waals surface area (Å²) in [4.78, 5) is 23.4. The number of rotatable bonds is 6. The van der Waals surface area contributed by atoms with Gasteiger partial charge in [0.25, 0.3) is 5.56 Å². The Hall–Kier alpha value is -2.81. The number of hydrogen-bond donors (Lipinski definition) is 0. The van der Waals surface area contributed by atoms with Gasteiger partial charge in [0.1, 0.15) is 12.0 Å². The minimum Gasteiger partial charge on any atom is -0.467 e. The zero-order valence-corrected chi connectivity index (χ0v) is 17.8. The molecular weight excluding hydrogens is 442 g/mol. The van der Waals surface area contributed by atoms with Crippen LogP contribution in [0.15, 0.2) is 79.2 Å². The third-order valence-corrected chi connectivity index (χ3v) is 6.51. The summed E-state index contributed by atoms with van der Waals surface area (Å²) < 4.78 is 12.6. The predicted molar refractivity (Wildman–Crippen MR) is 118 cm³/mol. The van der Waals surface area contributed by atoms with Crippen LogP contribution in [0.3, 0.4) is 0 Å². The second-order valence-corrected chi connectivity index (χ2v) is 8.76. The molecule has 0 aliphatic heterocycles. The van der Waals surface area contributed by atoms with Gasteiger partial charge in [-0.25, -0.2) is 9.97 Å². The lowest BCUT2D eigenvalue weighted by molar-refractivity contribution is 0.476. The average Bonchev–Trinajstić information content (AvgIpc) is 3.51. The van der Waals surface area contributed by atoms with E-state index in [1.807, 2.05) is 23.6 Å². The molecule has 0 aliphatic rings. The molecule has 6 nitrogen and oxygen atoms in total. The molecule has 0 spiro atoms. The summed E-state index contributed by atoms with van der Waals surface area (Å²) in [6.45, 7) is 0.291. The average molecular weight is 456 g/mol. The molecule has 0 aliphatic carbocycles. The first-order chi connectivity index (χ1) is 14.7. The summed E-state index contributed by atoms with van der Waals surface area (Å²) in [5.41, 5.74) is 1.19. The number of aromatic nitrogens is 3. The number of nitrogens with zero attached hydrogens (tertiary/aromatic N) is 3. The van der Waals surface area contributed by atoms with Crippen LogP contribution in [0.5, 0.6) is 0 Å². The molecule has 5 aromatic rings. The zero-order valence-electron chi connectivity index (χ0n) is 15.4. The molecule has 0 saturated carbocycles. The Bertz CT molecular complexity index is 1360. The van der Waals surface area contributed by atoms with E-state index < -0.39 is 0 Å². The van der Waals surface area contributed by atoms with Crippen molar-refractivity contribution < 1.29 is 8.83 Å². The van der Waals surface area contributed by atoms with Crippen LogP contribution < -0.4 is 5.56 Å². The lowest BCUT2D eigenvalue weighted by Crippen LogP contribution is -2.23. The van der Waals surface area contributed by atoms with Gasteiger partial charge in [0.05, 0.1) is 34.3 Å². The number of hydrogen-bond acceptors (Lipinski definition) is 7. The molecular formula is C21H14ClN3O3S2. The normalized spacial score (nSPS) is 11.4. The van der Waals surface area contributed by atoms with Crippen molar-refractivity contribution in [2.45, 2.75) is 17.5 Å². The van der Waals surface area contributed by atoms with Crippen molar-refractivity contribution in [3.05, 3.63) is 87.2 Å². The van der Waals surface area contributed by atoms with E-state index in [9.17, 15) is 4.79 Å². The maximum absolute atomic E-state index is 13.1. The van der Waals surface area contributed by atoms with Gasteiger partial charge in [0.15, 0.2) is 5.16 Å². The Balaban J connectivity index is 1.49. The number of fused-ring (bicyclic) bond motifs is 1. The number of benzene rings is 1. The van der Waals surface area contributed by atoms with E-state index in [1.165, 1.54) is 11.8 Å². The Kier molecular flexibility index (Phi) is 5.20.